The maximum Gasteiger partial charge on any atom is 0.262 e. The Kier molecular flexibility index (Phi) is 8.91. The van der Waals surface area contributed by atoms with Crippen molar-refractivity contribution in [1.82, 2.24) is 20.4 Å². The first-order valence-electron chi connectivity index (χ1n) is 14.1. The highest BCUT2D eigenvalue weighted by molar-refractivity contribution is 6.23. The van der Waals surface area contributed by atoms with E-state index in [4.69, 9.17) is 9.47 Å². The van der Waals surface area contributed by atoms with E-state index in [1.807, 2.05) is 0 Å². The number of nitrogens with zero attached hydrogens (tertiary/aromatic N) is 2. The average molecular weight is 542 g/mol. The number of hydrogen-bond acceptors (Lipinski definition) is 9. The average Bonchev–Trinajstić information content (AvgIpc) is 3.18. The van der Waals surface area contributed by atoms with Crippen LogP contribution in [-0.2, 0) is 19.1 Å². The summed E-state index contributed by atoms with van der Waals surface area (Å²) in [7, 11) is 0. The number of nitrogens with one attached hydrogen (secondary N) is 3. The zero-order chi connectivity index (χ0) is 27.2. The smallest absolute Gasteiger partial charge is 0.262 e. The van der Waals surface area contributed by atoms with Gasteiger partial charge in [0.15, 0.2) is 0 Å². The highest BCUT2D eigenvalue weighted by atomic mass is 16.5. The molecule has 4 aliphatic heterocycles. The Morgan fingerprint density at radius 1 is 0.897 bits per heavy atom. The summed E-state index contributed by atoms with van der Waals surface area (Å²) in [6.45, 7) is 8.42. The van der Waals surface area contributed by atoms with Crippen LogP contribution in [0.1, 0.15) is 59.2 Å². The minimum atomic E-state index is -0.964. The summed E-state index contributed by atoms with van der Waals surface area (Å²) in [5.74, 6) is -2.03. The lowest BCUT2D eigenvalue weighted by Crippen LogP contribution is -2.54. The first kappa shape index (κ1) is 27.7. The predicted octanol–water partition coefficient (Wildman–Crippen LogP) is 0.999. The SMILES string of the molecule is O=C1CCC(N2C(=O)c3ccc(NCCOCCOCCN4CCC5(CCNCC5)CC4)cc3C2=O)C(=O)N1. The normalized spacial score (nSPS) is 23.3. The summed E-state index contributed by atoms with van der Waals surface area (Å²) in [6.07, 6.45) is 5.47. The molecule has 3 saturated heterocycles. The van der Waals surface area contributed by atoms with Crippen molar-refractivity contribution in [2.24, 2.45) is 5.41 Å². The van der Waals surface area contributed by atoms with Gasteiger partial charge in [0.25, 0.3) is 11.8 Å². The molecule has 1 aromatic carbocycles. The summed E-state index contributed by atoms with van der Waals surface area (Å²) < 4.78 is 11.4. The van der Waals surface area contributed by atoms with Crippen LogP contribution < -0.4 is 16.0 Å². The van der Waals surface area contributed by atoms with E-state index in [-0.39, 0.29) is 24.0 Å². The zero-order valence-electron chi connectivity index (χ0n) is 22.5. The number of anilines is 1. The van der Waals surface area contributed by atoms with Crippen LogP contribution in [0.25, 0.3) is 0 Å². The van der Waals surface area contributed by atoms with Crippen LogP contribution in [-0.4, -0.2) is 105 Å². The van der Waals surface area contributed by atoms with Gasteiger partial charge in [-0.2, -0.15) is 0 Å². The van der Waals surface area contributed by atoms with Crippen molar-refractivity contribution >= 4 is 29.3 Å². The summed E-state index contributed by atoms with van der Waals surface area (Å²) in [5, 5.41) is 8.88. The second-order valence-corrected chi connectivity index (χ2v) is 11.0. The number of ether oxygens (including phenoxy) is 2. The lowest BCUT2D eigenvalue weighted by molar-refractivity contribution is -0.136. The third-order valence-electron chi connectivity index (χ3n) is 8.52. The van der Waals surface area contributed by atoms with Crippen LogP contribution in [0.2, 0.25) is 0 Å². The first-order chi connectivity index (χ1) is 19.0. The molecule has 1 spiro atoms. The van der Waals surface area contributed by atoms with Crippen LogP contribution in [0.4, 0.5) is 5.69 Å². The molecular formula is C28H39N5O6. The fourth-order valence-corrected chi connectivity index (χ4v) is 6.07. The molecule has 39 heavy (non-hydrogen) atoms. The van der Waals surface area contributed by atoms with Crippen LogP contribution in [0.15, 0.2) is 18.2 Å². The van der Waals surface area contributed by atoms with Gasteiger partial charge in [0, 0.05) is 25.2 Å². The van der Waals surface area contributed by atoms with Crippen LogP contribution in [0.5, 0.6) is 0 Å². The Morgan fingerprint density at radius 2 is 1.62 bits per heavy atom. The van der Waals surface area contributed by atoms with Crippen molar-refractivity contribution in [2.45, 2.75) is 44.6 Å². The van der Waals surface area contributed by atoms with E-state index in [0.29, 0.717) is 44.1 Å². The lowest BCUT2D eigenvalue weighted by Gasteiger charge is -2.44. The Labute approximate surface area is 228 Å². The van der Waals surface area contributed by atoms with Gasteiger partial charge in [-0.3, -0.25) is 29.4 Å². The standard InChI is InChI=1S/C28H39N5O6/c34-24-4-3-23(25(35)31-24)33-26(36)21-2-1-20(19-22(21)27(33)37)30-11-15-38-17-18-39-16-14-32-12-7-28(8-13-32)5-9-29-10-6-28/h1-2,19,23,29-30H,3-18H2,(H,31,34,35). The van der Waals surface area contributed by atoms with E-state index in [1.54, 1.807) is 18.2 Å². The summed E-state index contributed by atoms with van der Waals surface area (Å²) in [5.41, 5.74) is 1.78. The number of benzene rings is 1. The third kappa shape index (κ3) is 6.49. The minimum absolute atomic E-state index is 0.0962. The molecule has 4 heterocycles. The zero-order valence-corrected chi connectivity index (χ0v) is 22.5. The highest BCUT2D eigenvalue weighted by Crippen LogP contribution is 2.39. The molecule has 4 amide bonds. The van der Waals surface area contributed by atoms with Crippen molar-refractivity contribution < 1.29 is 28.7 Å². The molecule has 212 valence electrons. The molecule has 5 rings (SSSR count). The largest absolute Gasteiger partial charge is 0.383 e. The second-order valence-electron chi connectivity index (χ2n) is 11.0. The molecule has 1 aromatic rings. The van der Waals surface area contributed by atoms with Gasteiger partial charge in [-0.25, -0.2) is 0 Å². The number of rotatable bonds is 11. The number of hydrogen-bond donors (Lipinski definition) is 3. The maximum absolute atomic E-state index is 12.9. The molecule has 3 fully saturated rings. The fourth-order valence-electron chi connectivity index (χ4n) is 6.07. The molecule has 0 saturated carbocycles. The summed E-state index contributed by atoms with van der Waals surface area (Å²) in [4.78, 5) is 52.8. The monoisotopic (exact) mass is 541 g/mol. The van der Waals surface area contributed by atoms with Gasteiger partial charge in [-0.05, 0) is 81.9 Å². The summed E-state index contributed by atoms with van der Waals surface area (Å²) in [6, 6.07) is 3.98. The van der Waals surface area contributed by atoms with Crippen LogP contribution in [0, 0.1) is 5.41 Å². The van der Waals surface area contributed by atoms with E-state index >= 15 is 0 Å². The van der Waals surface area contributed by atoms with E-state index in [1.165, 1.54) is 38.8 Å². The van der Waals surface area contributed by atoms with Gasteiger partial charge in [0.2, 0.25) is 11.8 Å². The van der Waals surface area contributed by atoms with Crippen molar-refractivity contribution in [2.75, 3.05) is 71.0 Å². The molecule has 0 aliphatic carbocycles. The molecule has 1 atom stereocenters. The molecule has 11 heteroatoms. The topological polar surface area (TPSA) is 129 Å². The maximum atomic E-state index is 12.9. The minimum Gasteiger partial charge on any atom is -0.383 e. The first-order valence-corrected chi connectivity index (χ1v) is 14.1. The van der Waals surface area contributed by atoms with Crippen LogP contribution >= 0.6 is 0 Å². The Balaban J connectivity index is 0.953. The number of carbonyl (C=O) groups excluding carboxylic acids is 4. The number of imide groups is 2. The predicted molar refractivity (Wildman–Crippen MR) is 143 cm³/mol. The highest BCUT2D eigenvalue weighted by Gasteiger charge is 2.44. The number of carbonyl (C=O) groups is 4. The molecule has 1 unspecified atom stereocenters. The van der Waals surface area contributed by atoms with Gasteiger partial charge >= 0.3 is 0 Å². The molecular weight excluding hydrogens is 502 g/mol. The Morgan fingerprint density at radius 3 is 2.36 bits per heavy atom. The molecule has 0 bridgehead atoms. The van der Waals surface area contributed by atoms with Crippen molar-refractivity contribution in [3.8, 4) is 0 Å². The number of piperidine rings is 3. The summed E-state index contributed by atoms with van der Waals surface area (Å²) >= 11 is 0. The van der Waals surface area contributed by atoms with E-state index < -0.39 is 29.7 Å². The van der Waals surface area contributed by atoms with Crippen molar-refractivity contribution in [1.29, 1.82) is 0 Å². The number of likely N-dealkylation sites (tertiary alicyclic amines) is 1. The lowest BCUT2D eigenvalue weighted by atomic mass is 9.71. The van der Waals surface area contributed by atoms with Crippen molar-refractivity contribution in [3.63, 3.8) is 0 Å². The second kappa shape index (κ2) is 12.5. The molecule has 4 aliphatic rings. The van der Waals surface area contributed by atoms with E-state index in [9.17, 15) is 19.2 Å². The Hall–Kier alpha value is -2.86. The van der Waals surface area contributed by atoms with E-state index in [0.717, 1.165) is 24.5 Å². The van der Waals surface area contributed by atoms with Crippen LogP contribution in [0.3, 0.4) is 0 Å². The number of amides is 4. The Bertz CT molecular complexity index is 1080. The van der Waals surface area contributed by atoms with Gasteiger partial charge in [0.05, 0.1) is 37.6 Å². The number of fused-ring (bicyclic) bond motifs is 1. The quantitative estimate of drug-likeness (QED) is 0.278. The molecule has 11 nitrogen and oxygen atoms in total. The van der Waals surface area contributed by atoms with Gasteiger partial charge in [0.1, 0.15) is 6.04 Å². The van der Waals surface area contributed by atoms with Gasteiger partial charge < -0.3 is 25.0 Å². The molecule has 3 N–H and O–H groups in total. The molecule has 0 radical (unpaired) electrons. The van der Waals surface area contributed by atoms with Crippen molar-refractivity contribution in [3.05, 3.63) is 29.3 Å². The van der Waals surface area contributed by atoms with E-state index in [2.05, 4.69) is 20.9 Å². The van der Waals surface area contributed by atoms with Gasteiger partial charge in [-0.1, -0.05) is 0 Å². The van der Waals surface area contributed by atoms with Gasteiger partial charge in [-0.15, -0.1) is 0 Å². The molecule has 0 aromatic heterocycles. The fraction of sp³-hybridized carbons (Fsp3) is 0.643. The third-order valence-corrected chi connectivity index (χ3v) is 8.52.